The molecule has 1 aliphatic heterocycles. The minimum Gasteiger partial charge on any atom is -0.368 e. The van der Waals surface area contributed by atoms with Crippen molar-refractivity contribution < 1.29 is 17.9 Å². The van der Waals surface area contributed by atoms with Gasteiger partial charge in [-0.2, -0.15) is 0 Å². The van der Waals surface area contributed by atoms with E-state index in [1.54, 1.807) is 0 Å². The standard InChI is InChI=1S/C8H5F3O/c9-4-1-5(10)8(6(11)2-4)7-3-12-7/h1-2,7H,3H2/t7-/m1/s1. The SMILES string of the molecule is Fc1cc(F)c([C@H]2CO2)c(F)c1. The highest BCUT2D eigenvalue weighted by Crippen LogP contribution is 2.33. The highest BCUT2D eigenvalue weighted by molar-refractivity contribution is 5.25. The summed E-state index contributed by atoms with van der Waals surface area (Å²) in [5.41, 5.74) is -0.170. The topological polar surface area (TPSA) is 12.5 Å². The Balaban J connectivity index is 2.51. The second-order valence-corrected chi connectivity index (χ2v) is 2.61. The van der Waals surface area contributed by atoms with Crippen molar-refractivity contribution in [3.8, 4) is 0 Å². The molecule has 1 heterocycles. The highest BCUT2D eigenvalue weighted by atomic mass is 19.1. The van der Waals surface area contributed by atoms with E-state index in [9.17, 15) is 13.2 Å². The van der Waals surface area contributed by atoms with E-state index in [0.717, 1.165) is 0 Å². The molecule has 0 unspecified atom stereocenters. The van der Waals surface area contributed by atoms with E-state index in [1.807, 2.05) is 0 Å². The normalized spacial score (nSPS) is 21.1. The predicted octanol–water partition coefficient (Wildman–Crippen LogP) is 2.18. The predicted molar refractivity (Wildman–Crippen MR) is 35.0 cm³/mol. The van der Waals surface area contributed by atoms with Gasteiger partial charge in [0, 0.05) is 12.1 Å². The smallest absolute Gasteiger partial charge is 0.134 e. The van der Waals surface area contributed by atoms with Crippen LogP contribution in [0.2, 0.25) is 0 Å². The van der Waals surface area contributed by atoms with Gasteiger partial charge >= 0.3 is 0 Å². The summed E-state index contributed by atoms with van der Waals surface area (Å²) in [5, 5.41) is 0. The summed E-state index contributed by atoms with van der Waals surface area (Å²) >= 11 is 0. The third-order valence-electron chi connectivity index (χ3n) is 1.70. The van der Waals surface area contributed by atoms with E-state index >= 15 is 0 Å². The first kappa shape index (κ1) is 7.61. The molecule has 0 bridgehead atoms. The van der Waals surface area contributed by atoms with E-state index in [4.69, 9.17) is 4.74 Å². The van der Waals surface area contributed by atoms with Crippen LogP contribution in [-0.4, -0.2) is 6.61 Å². The van der Waals surface area contributed by atoms with Gasteiger partial charge in [0.2, 0.25) is 0 Å². The highest BCUT2D eigenvalue weighted by Gasteiger charge is 2.31. The number of rotatable bonds is 1. The van der Waals surface area contributed by atoms with Crippen LogP contribution in [0.25, 0.3) is 0 Å². The third-order valence-corrected chi connectivity index (χ3v) is 1.70. The molecule has 1 nitrogen and oxygen atoms in total. The molecule has 1 aliphatic rings. The molecule has 0 N–H and O–H groups in total. The molecule has 0 spiro atoms. The van der Waals surface area contributed by atoms with Crippen LogP contribution < -0.4 is 0 Å². The van der Waals surface area contributed by atoms with E-state index in [-0.39, 0.29) is 5.56 Å². The van der Waals surface area contributed by atoms with Crippen molar-refractivity contribution in [3.05, 3.63) is 35.1 Å². The zero-order valence-electron chi connectivity index (χ0n) is 5.98. The van der Waals surface area contributed by atoms with Gasteiger partial charge in [0.05, 0.1) is 12.2 Å². The van der Waals surface area contributed by atoms with Gasteiger partial charge in [-0.25, -0.2) is 13.2 Å². The first-order chi connectivity index (χ1) is 5.68. The molecule has 64 valence electrons. The Labute approximate surface area is 66.8 Å². The molecule has 0 radical (unpaired) electrons. The molecule has 0 aliphatic carbocycles. The van der Waals surface area contributed by atoms with Gasteiger partial charge in [-0.3, -0.25) is 0 Å². The number of hydrogen-bond donors (Lipinski definition) is 0. The number of ether oxygens (including phenoxy) is 1. The lowest BCUT2D eigenvalue weighted by atomic mass is 10.1. The molecule has 0 aromatic heterocycles. The number of hydrogen-bond acceptors (Lipinski definition) is 1. The van der Waals surface area contributed by atoms with Crippen LogP contribution >= 0.6 is 0 Å². The van der Waals surface area contributed by atoms with Crippen molar-refractivity contribution in [3.63, 3.8) is 0 Å². The quantitative estimate of drug-likeness (QED) is 0.594. The molecule has 1 aromatic rings. The van der Waals surface area contributed by atoms with Crippen molar-refractivity contribution in [1.29, 1.82) is 0 Å². The van der Waals surface area contributed by atoms with Crippen LogP contribution in [0, 0.1) is 17.5 Å². The van der Waals surface area contributed by atoms with Crippen LogP contribution in [0.3, 0.4) is 0 Å². The molecular formula is C8H5F3O. The zero-order chi connectivity index (χ0) is 8.72. The van der Waals surface area contributed by atoms with Crippen LogP contribution in [-0.2, 0) is 4.74 Å². The lowest BCUT2D eigenvalue weighted by Crippen LogP contribution is -1.95. The molecule has 0 amide bonds. The molecule has 4 heteroatoms. The second-order valence-electron chi connectivity index (χ2n) is 2.61. The van der Waals surface area contributed by atoms with Gasteiger partial charge in [0.15, 0.2) is 0 Å². The number of halogens is 3. The molecule has 1 aromatic carbocycles. The summed E-state index contributed by atoms with van der Waals surface area (Å²) in [6, 6.07) is 1.31. The Kier molecular flexibility index (Phi) is 1.58. The van der Waals surface area contributed by atoms with Crippen LogP contribution in [0.15, 0.2) is 12.1 Å². The molecule has 1 fully saturated rings. The minimum atomic E-state index is -0.908. The molecule has 1 saturated heterocycles. The lowest BCUT2D eigenvalue weighted by Gasteiger charge is -2.00. The van der Waals surface area contributed by atoms with Crippen molar-refractivity contribution >= 4 is 0 Å². The minimum absolute atomic E-state index is 0.170. The van der Waals surface area contributed by atoms with Crippen LogP contribution in [0.4, 0.5) is 13.2 Å². The monoisotopic (exact) mass is 174 g/mol. The van der Waals surface area contributed by atoms with E-state index in [0.29, 0.717) is 18.7 Å². The van der Waals surface area contributed by atoms with Crippen molar-refractivity contribution in [1.82, 2.24) is 0 Å². The fourth-order valence-corrected chi connectivity index (χ4v) is 1.08. The first-order valence-corrected chi connectivity index (χ1v) is 3.44. The van der Waals surface area contributed by atoms with E-state index in [1.165, 1.54) is 0 Å². The van der Waals surface area contributed by atoms with E-state index < -0.39 is 23.6 Å². The first-order valence-electron chi connectivity index (χ1n) is 3.44. The van der Waals surface area contributed by atoms with Crippen LogP contribution in [0.5, 0.6) is 0 Å². The fraction of sp³-hybridized carbons (Fsp3) is 0.250. The zero-order valence-corrected chi connectivity index (χ0v) is 5.98. The third kappa shape index (κ3) is 1.18. The Bertz CT molecular complexity index is 297. The van der Waals surface area contributed by atoms with Gasteiger partial charge in [-0.05, 0) is 0 Å². The Morgan fingerprint density at radius 2 is 1.67 bits per heavy atom. The molecule has 12 heavy (non-hydrogen) atoms. The average molecular weight is 174 g/mol. The Morgan fingerprint density at radius 1 is 1.17 bits per heavy atom. The lowest BCUT2D eigenvalue weighted by molar-refractivity contribution is 0.396. The van der Waals surface area contributed by atoms with Crippen molar-refractivity contribution in [2.75, 3.05) is 6.61 Å². The van der Waals surface area contributed by atoms with Gasteiger partial charge in [0.25, 0.3) is 0 Å². The van der Waals surface area contributed by atoms with Gasteiger partial charge < -0.3 is 4.74 Å². The van der Waals surface area contributed by atoms with Gasteiger partial charge in [-0.15, -0.1) is 0 Å². The van der Waals surface area contributed by atoms with Gasteiger partial charge in [0.1, 0.15) is 23.6 Å². The van der Waals surface area contributed by atoms with E-state index in [2.05, 4.69) is 0 Å². The molecule has 0 saturated carbocycles. The maximum absolute atomic E-state index is 12.8. The summed E-state index contributed by atoms with van der Waals surface area (Å²) in [6.45, 7) is 0.305. The second kappa shape index (κ2) is 2.48. The maximum atomic E-state index is 12.8. The summed E-state index contributed by atoms with van der Waals surface area (Å²) in [7, 11) is 0. The summed E-state index contributed by atoms with van der Waals surface area (Å²) in [6.07, 6.45) is -0.523. The molecular weight excluding hydrogens is 169 g/mol. The Morgan fingerprint density at radius 3 is 2.08 bits per heavy atom. The average Bonchev–Trinajstić information content (AvgIpc) is 2.68. The van der Waals surface area contributed by atoms with Gasteiger partial charge in [-0.1, -0.05) is 0 Å². The fourth-order valence-electron chi connectivity index (χ4n) is 1.08. The largest absolute Gasteiger partial charge is 0.368 e. The molecule has 2 rings (SSSR count). The Hall–Kier alpha value is -1.03. The number of benzene rings is 1. The van der Waals surface area contributed by atoms with Crippen molar-refractivity contribution in [2.24, 2.45) is 0 Å². The summed E-state index contributed by atoms with van der Waals surface area (Å²) < 4.78 is 42.7. The summed E-state index contributed by atoms with van der Waals surface area (Å²) in [4.78, 5) is 0. The summed E-state index contributed by atoms with van der Waals surface area (Å²) in [5.74, 6) is -2.67. The number of epoxide rings is 1. The van der Waals surface area contributed by atoms with Crippen LogP contribution in [0.1, 0.15) is 11.7 Å². The van der Waals surface area contributed by atoms with Crippen molar-refractivity contribution in [2.45, 2.75) is 6.10 Å². The molecule has 1 atom stereocenters. The maximum Gasteiger partial charge on any atom is 0.134 e.